The molecule has 7 heteroatoms. The van der Waals surface area contributed by atoms with E-state index in [-0.39, 0.29) is 12.6 Å². The van der Waals surface area contributed by atoms with Crippen molar-refractivity contribution in [1.82, 2.24) is 4.90 Å². The van der Waals surface area contributed by atoms with Crippen molar-refractivity contribution in [3.63, 3.8) is 0 Å². The predicted molar refractivity (Wildman–Crippen MR) is 63.2 cm³/mol. The topological polar surface area (TPSA) is 80.8 Å². The Kier molecular flexibility index (Phi) is 5.60. The van der Waals surface area contributed by atoms with E-state index in [9.17, 15) is 18.0 Å². The molecular weight excluding hydrogens is 246 g/mol. The van der Waals surface area contributed by atoms with Crippen molar-refractivity contribution in [3.8, 4) is 0 Å². The predicted octanol–water partition coefficient (Wildman–Crippen LogP) is -0.170. The maximum atomic E-state index is 11.9. The zero-order valence-electron chi connectivity index (χ0n) is 10.8. The number of hydrogen-bond acceptors (Lipinski definition) is 5. The average Bonchev–Trinajstić information content (AvgIpc) is 2.21. The second-order valence-corrected chi connectivity index (χ2v) is 6.47. The second-order valence-electron chi connectivity index (χ2n) is 4.11. The van der Waals surface area contributed by atoms with Crippen molar-refractivity contribution in [2.75, 3.05) is 19.9 Å². The van der Waals surface area contributed by atoms with Gasteiger partial charge in [0.05, 0.1) is 7.11 Å². The third-order valence-electron chi connectivity index (χ3n) is 2.42. The molecule has 6 nitrogen and oxygen atoms in total. The first kappa shape index (κ1) is 15.9. The summed E-state index contributed by atoms with van der Waals surface area (Å²) in [5.74, 6) is -1.17. The number of carbonyl (C=O) groups is 2. The van der Waals surface area contributed by atoms with E-state index in [1.54, 1.807) is 13.8 Å². The fourth-order valence-electron chi connectivity index (χ4n) is 1.14. The number of ether oxygens (including phenoxy) is 1. The van der Waals surface area contributed by atoms with Crippen molar-refractivity contribution >= 4 is 21.7 Å². The molecule has 17 heavy (non-hydrogen) atoms. The third kappa shape index (κ3) is 4.72. The Bertz CT molecular complexity index is 388. The Morgan fingerprint density at radius 3 is 2.00 bits per heavy atom. The summed E-state index contributed by atoms with van der Waals surface area (Å²) >= 11 is 0. The number of esters is 1. The van der Waals surface area contributed by atoms with Crippen LogP contribution in [0.5, 0.6) is 0 Å². The molecule has 0 radical (unpaired) electrons. The van der Waals surface area contributed by atoms with E-state index in [1.165, 1.54) is 18.9 Å². The highest BCUT2D eigenvalue weighted by Gasteiger charge is 2.30. The van der Waals surface area contributed by atoms with Gasteiger partial charge in [-0.2, -0.15) is 0 Å². The summed E-state index contributed by atoms with van der Waals surface area (Å²) in [6.45, 7) is 4.48. The van der Waals surface area contributed by atoms with Crippen LogP contribution in [-0.2, 0) is 24.2 Å². The van der Waals surface area contributed by atoms with Gasteiger partial charge in [-0.15, -0.1) is 0 Å². The molecule has 0 aliphatic rings. The molecule has 0 saturated carbocycles. The lowest BCUT2D eigenvalue weighted by molar-refractivity contribution is -0.147. The van der Waals surface area contributed by atoms with Crippen LogP contribution in [0.2, 0.25) is 0 Å². The van der Waals surface area contributed by atoms with Crippen molar-refractivity contribution in [3.05, 3.63) is 0 Å². The van der Waals surface area contributed by atoms with Crippen molar-refractivity contribution in [2.45, 2.75) is 32.1 Å². The van der Waals surface area contributed by atoms with Crippen LogP contribution in [0, 0.1) is 0 Å². The van der Waals surface area contributed by atoms with Gasteiger partial charge in [0.2, 0.25) is 5.91 Å². The molecule has 1 unspecified atom stereocenters. The van der Waals surface area contributed by atoms with Gasteiger partial charge in [0.1, 0.15) is 11.8 Å². The van der Waals surface area contributed by atoms with E-state index in [0.717, 1.165) is 6.26 Å². The highest BCUT2D eigenvalue weighted by molar-refractivity contribution is 7.92. The number of methoxy groups -OCH3 is 1. The highest BCUT2D eigenvalue weighted by Crippen LogP contribution is 2.08. The fourth-order valence-corrected chi connectivity index (χ4v) is 1.64. The zero-order valence-corrected chi connectivity index (χ0v) is 11.6. The molecule has 0 heterocycles. The smallest absolute Gasteiger partial charge is 0.325 e. The van der Waals surface area contributed by atoms with Crippen LogP contribution in [-0.4, -0.2) is 56.4 Å². The van der Waals surface area contributed by atoms with Crippen molar-refractivity contribution < 1.29 is 22.7 Å². The van der Waals surface area contributed by atoms with Gasteiger partial charge in [0.25, 0.3) is 0 Å². The average molecular weight is 265 g/mol. The van der Waals surface area contributed by atoms with E-state index in [0.29, 0.717) is 0 Å². The number of carbonyl (C=O) groups excluding carboxylic acids is 2. The van der Waals surface area contributed by atoms with Crippen molar-refractivity contribution in [1.29, 1.82) is 0 Å². The highest BCUT2D eigenvalue weighted by atomic mass is 32.2. The number of amides is 1. The first-order chi connectivity index (χ1) is 7.61. The monoisotopic (exact) mass is 265 g/mol. The summed E-state index contributed by atoms with van der Waals surface area (Å²) in [5.41, 5.74) is 0. The lowest BCUT2D eigenvalue weighted by Gasteiger charge is -2.27. The van der Waals surface area contributed by atoms with E-state index >= 15 is 0 Å². The summed E-state index contributed by atoms with van der Waals surface area (Å²) in [4.78, 5) is 24.3. The second kappa shape index (κ2) is 6.00. The Morgan fingerprint density at radius 2 is 1.71 bits per heavy atom. The van der Waals surface area contributed by atoms with Crippen LogP contribution in [0.3, 0.4) is 0 Å². The molecule has 0 aliphatic heterocycles. The third-order valence-corrected chi connectivity index (χ3v) is 3.91. The molecule has 0 bridgehead atoms. The molecular formula is C10H19NO5S. The summed E-state index contributed by atoms with van der Waals surface area (Å²) < 4.78 is 27.0. The van der Waals surface area contributed by atoms with Crippen molar-refractivity contribution in [2.24, 2.45) is 0 Å². The van der Waals surface area contributed by atoms with Gasteiger partial charge in [-0.25, -0.2) is 8.42 Å². The maximum absolute atomic E-state index is 11.9. The lowest BCUT2D eigenvalue weighted by Crippen LogP contribution is -2.47. The number of rotatable bonds is 5. The normalized spacial score (nSPS) is 13.3. The minimum Gasteiger partial charge on any atom is -0.468 e. The minimum absolute atomic E-state index is 0.243. The Morgan fingerprint density at radius 1 is 1.24 bits per heavy atom. The van der Waals surface area contributed by atoms with Crippen LogP contribution in [0.4, 0.5) is 0 Å². The molecule has 0 spiro atoms. The molecule has 100 valence electrons. The summed E-state index contributed by atoms with van der Waals surface area (Å²) in [5, 5.41) is -1.16. The van der Waals surface area contributed by atoms with Gasteiger partial charge in [0.15, 0.2) is 9.84 Å². The van der Waals surface area contributed by atoms with E-state index < -0.39 is 27.0 Å². The molecule has 1 amide bonds. The molecule has 0 fully saturated rings. The quantitative estimate of drug-likeness (QED) is 0.645. The summed E-state index contributed by atoms with van der Waals surface area (Å²) in [6.07, 6.45) is 0.992. The molecule has 1 atom stereocenters. The van der Waals surface area contributed by atoms with Gasteiger partial charge in [-0.05, 0) is 20.8 Å². The molecule has 0 saturated heterocycles. The van der Waals surface area contributed by atoms with Crippen LogP contribution < -0.4 is 0 Å². The molecule has 0 rings (SSSR count). The van der Waals surface area contributed by atoms with Crippen LogP contribution in [0.25, 0.3) is 0 Å². The summed E-state index contributed by atoms with van der Waals surface area (Å²) in [6, 6.07) is -0.272. The standard InChI is InChI=1S/C10H19NO5S/c1-7(2)11(6-9(12)16-4)10(13)8(3)17(5,14)15/h7-8H,6H2,1-5H3. The number of nitrogens with zero attached hydrogens (tertiary/aromatic N) is 1. The van der Waals surface area contributed by atoms with Gasteiger partial charge in [0, 0.05) is 12.3 Å². The molecule has 0 aromatic carbocycles. The van der Waals surface area contributed by atoms with E-state index in [2.05, 4.69) is 4.74 Å². The minimum atomic E-state index is -3.47. The Hall–Kier alpha value is -1.11. The maximum Gasteiger partial charge on any atom is 0.325 e. The zero-order chi connectivity index (χ0) is 13.8. The lowest BCUT2D eigenvalue weighted by atomic mass is 10.2. The number of hydrogen-bond donors (Lipinski definition) is 0. The van der Waals surface area contributed by atoms with Gasteiger partial charge < -0.3 is 9.64 Å². The molecule has 0 N–H and O–H groups in total. The van der Waals surface area contributed by atoms with Gasteiger partial charge in [-0.1, -0.05) is 0 Å². The molecule has 0 aromatic heterocycles. The first-order valence-electron chi connectivity index (χ1n) is 5.17. The summed E-state index contributed by atoms with van der Waals surface area (Å²) in [7, 11) is -2.25. The van der Waals surface area contributed by atoms with Crippen LogP contribution >= 0.6 is 0 Å². The largest absolute Gasteiger partial charge is 0.468 e. The van der Waals surface area contributed by atoms with Gasteiger partial charge in [-0.3, -0.25) is 9.59 Å². The number of sulfone groups is 1. The SMILES string of the molecule is COC(=O)CN(C(=O)C(C)S(C)(=O)=O)C(C)C. The van der Waals surface area contributed by atoms with Crippen LogP contribution in [0.1, 0.15) is 20.8 Å². The van der Waals surface area contributed by atoms with E-state index in [1.807, 2.05) is 0 Å². The molecule has 0 aromatic rings. The fraction of sp³-hybridized carbons (Fsp3) is 0.800. The Labute approximate surface area is 102 Å². The van der Waals surface area contributed by atoms with E-state index in [4.69, 9.17) is 0 Å². The molecule has 0 aliphatic carbocycles. The van der Waals surface area contributed by atoms with Gasteiger partial charge >= 0.3 is 5.97 Å². The first-order valence-corrected chi connectivity index (χ1v) is 7.12. The van der Waals surface area contributed by atoms with Crippen LogP contribution in [0.15, 0.2) is 0 Å². The Balaban J connectivity index is 4.97.